The molecule has 2 aromatic carbocycles. The molecular weight excluding hydrogens is 356 g/mol. The van der Waals surface area contributed by atoms with E-state index in [-0.39, 0.29) is 5.91 Å². The molecule has 0 spiro atoms. The molecule has 1 amide bonds. The summed E-state index contributed by atoms with van der Waals surface area (Å²) in [6.07, 6.45) is 3.44. The number of aromatic nitrogens is 1. The fraction of sp³-hybridized carbons (Fsp3) is 0.130. The minimum Gasteiger partial charge on any atom is -0.331 e. The van der Waals surface area contributed by atoms with Gasteiger partial charge < -0.3 is 4.90 Å². The number of hydrogen-bond acceptors (Lipinski definition) is 2. The molecule has 0 aliphatic rings. The molecule has 27 heavy (non-hydrogen) atoms. The Morgan fingerprint density at radius 2 is 1.70 bits per heavy atom. The van der Waals surface area contributed by atoms with E-state index in [0.717, 1.165) is 27.7 Å². The molecule has 1 aromatic heterocycles. The number of pyridine rings is 1. The van der Waals surface area contributed by atoms with Gasteiger partial charge in [0, 0.05) is 29.1 Å². The van der Waals surface area contributed by atoms with Crippen molar-refractivity contribution in [1.29, 1.82) is 0 Å². The predicted octanol–water partition coefficient (Wildman–Crippen LogP) is 5.68. The standard InChI is InChI=1S/C23H21ClN2O/c1-4-14-26(15-5-2)23(27)21-16(3)22(17-10-12-18(24)13-11-17)25-20-9-7-6-8-19(20)21/h4-13H,1-2,14-15H2,3H3. The van der Waals surface area contributed by atoms with Crippen LogP contribution in [0, 0.1) is 6.92 Å². The zero-order valence-electron chi connectivity index (χ0n) is 15.3. The summed E-state index contributed by atoms with van der Waals surface area (Å²) in [5.41, 5.74) is 4.00. The first-order valence-electron chi connectivity index (χ1n) is 8.73. The Kier molecular flexibility index (Phi) is 5.72. The van der Waals surface area contributed by atoms with Crippen LogP contribution in [0.4, 0.5) is 0 Å². The largest absolute Gasteiger partial charge is 0.331 e. The minimum atomic E-state index is -0.0545. The number of amides is 1. The van der Waals surface area contributed by atoms with Gasteiger partial charge in [-0.1, -0.05) is 54.1 Å². The van der Waals surface area contributed by atoms with Crippen molar-refractivity contribution in [3.05, 3.63) is 90.0 Å². The van der Waals surface area contributed by atoms with E-state index in [4.69, 9.17) is 16.6 Å². The lowest BCUT2D eigenvalue weighted by Crippen LogP contribution is -2.32. The highest BCUT2D eigenvalue weighted by atomic mass is 35.5. The molecule has 0 saturated carbocycles. The van der Waals surface area contributed by atoms with Crippen LogP contribution in [0.5, 0.6) is 0 Å². The molecule has 136 valence electrons. The number of fused-ring (bicyclic) bond motifs is 1. The monoisotopic (exact) mass is 376 g/mol. The lowest BCUT2D eigenvalue weighted by molar-refractivity contribution is 0.0792. The van der Waals surface area contributed by atoms with Gasteiger partial charge in [0.2, 0.25) is 0 Å². The van der Waals surface area contributed by atoms with Gasteiger partial charge in [0.25, 0.3) is 5.91 Å². The summed E-state index contributed by atoms with van der Waals surface area (Å²) in [7, 11) is 0. The SMILES string of the molecule is C=CCN(CC=C)C(=O)c1c(C)c(-c2ccc(Cl)cc2)nc2ccccc12. The van der Waals surface area contributed by atoms with Crippen LogP contribution in [-0.2, 0) is 0 Å². The quantitative estimate of drug-likeness (QED) is 0.518. The molecule has 0 fully saturated rings. The third-order valence-electron chi connectivity index (χ3n) is 4.45. The molecule has 0 N–H and O–H groups in total. The van der Waals surface area contributed by atoms with Gasteiger partial charge in [0.1, 0.15) is 0 Å². The van der Waals surface area contributed by atoms with Gasteiger partial charge in [-0.15, -0.1) is 13.2 Å². The van der Waals surface area contributed by atoms with Crippen LogP contribution in [0.15, 0.2) is 73.8 Å². The van der Waals surface area contributed by atoms with E-state index in [1.54, 1.807) is 17.1 Å². The third kappa shape index (κ3) is 3.79. The average Bonchev–Trinajstić information content (AvgIpc) is 2.68. The fourth-order valence-electron chi connectivity index (χ4n) is 3.18. The number of carbonyl (C=O) groups excluding carboxylic acids is 1. The first kappa shape index (κ1) is 18.9. The van der Waals surface area contributed by atoms with Crippen molar-refractivity contribution in [3.63, 3.8) is 0 Å². The molecule has 0 bridgehead atoms. The Morgan fingerprint density at radius 3 is 2.33 bits per heavy atom. The molecule has 0 radical (unpaired) electrons. The Balaban J connectivity index is 2.25. The molecule has 3 aromatic rings. The predicted molar refractivity (Wildman–Crippen MR) is 113 cm³/mol. The number of carbonyl (C=O) groups is 1. The van der Waals surface area contributed by atoms with Crippen molar-refractivity contribution >= 4 is 28.4 Å². The van der Waals surface area contributed by atoms with Crippen LogP contribution < -0.4 is 0 Å². The van der Waals surface area contributed by atoms with E-state index >= 15 is 0 Å². The first-order chi connectivity index (χ1) is 13.1. The van der Waals surface area contributed by atoms with Gasteiger partial charge in [0.05, 0.1) is 16.8 Å². The van der Waals surface area contributed by atoms with Crippen molar-refractivity contribution in [2.45, 2.75) is 6.92 Å². The number of nitrogens with zero attached hydrogens (tertiary/aromatic N) is 2. The maximum absolute atomic E-state index is 13.4. The van der Waals surface area contributed by atoms with E-state index in [1.807, 2.05) is 55.5 Å². The smallest absolute Gasteiger partial charge is 0.255 e. The van der Waals surface area contributed by atoms with Gasteiger partial charge in [-0.2, -0.15) is 0 Å². The number of para-hydroxylation sites is 1. The van der Waals surface area contributed by atoms with Crippen LogP contribution in [0.2, 0.25) is 5.02 Å². The van der Waals surface area contributed by atoms with Gasteiger partial charge in [0.15, 0.2) is 0 Å². The van der Waals surface area contributed by atoms with Crippen molar-refractivity contribution < 1.29 is 4.79 Å². The van der Waals surface area contributed by atoms with Crippen LogP contribution in [-0.4, -0.2) is 28.9 Å². The lowest BCUT2D eigenvalue weighted by Gasteiger charge is -2.22. The van der Waals surface area contributed by atoms with Crippen LogP contribution >= 0.6 is 11.6 Å². The van der Waals surface area contributed by atoms with Crippen LogP contribution in [0.3, 0.4) is 0 Å². The number of hydrogen-bond donors (Lipinski definition) is 0. The van der Waals surface area contributed by atoms with E-state index in [1.165, 1.54) is 0 Å². The zero-order valence-corrected chi connectivity index (χ0v) is 16.0. The maximum Gasteiger partial charge on any atom is 0.255 e. The summed E-state index contributed by atoms with van der Waals surface area (Å²) in [5, 5.41) is 1.51. The Labute approximate surface area is 164 Å². The second kappa shape index (κ2) is 8.19. The Hall–Kier alpha value is -2.91. The summed E-state index contributed by atoms with van der Waals surface area (Å²) >= 11 is 6.03. The molecule has 0 aliphatic heterocycles. The normalized spacial score (nSPS) is 10.6. The Morgan fingerprint density at radius 1 is 1.07 bits per heavy atom. The fourth-order valence-corrected chi connectivity index (χ4v) is 3.31. The van der Waals surface area contributed by atoms with Crippen molar-refractivity contribution in [2.24, 2.45) is 0 Å². The van der Waals surface area contributed by atoms with E-state index < -0.39 is 0 Å². The molecule has 1 heterocycles. The van der Waals surface area contributed by atoms with Crippen molar-refractivity contribution in [2.75, 3.05) is 13.1 Å². The maximum atomic E-state index is 13.4. The minimum absolute atomic E-state index is 0.0545. The van der Waals surface area contributed by atoms with E-state index in [9.17, 15) is 4.79 Å². The molecule has 3 rings (SSSR count). The van der Waals surface area contributed by atoms with Crippen LogP contribution in [0.1, 0.15) is 15.9 Å². The van der Waals surface area contributed by atoms with Gasteiger partial charge in [-0.3, -0.25) is 4.79 Å². The summed E-state index contributed by atoms with van der Waals surface area (Å²) < 4.78 is 0. The van der Waals surface area contributed by atoms with Crippen molar-refractivity contribution in [3.8, 4) is 11.3 Å². The third-order valence-corrected chi connectivity index (χ3v) is 4.71. The number of rotatable bonds is 6. The topological polar surface area (TPSA) is 33.2 Å². The van der Waals surface area contributed by atoms with Gasteiger partial charge in [-0.05, 0) is 30.7 Å². The second-order valence-corrected chi connectivity index (χ2v) is 6.71. The molecule has 4 heteroatoms. The van der Waals surface area contributed by atoms with E-state index in [2.05, 4.69) is 13.2 Å². The summed E-state index contributed by atoms with van der Waals surface area (Å²) in [6.45, 7) is 10.4. The summed E-state index contributed by atoms with van der Waals surface area (Å²) in [4.78, 5) is 19.9. The molecular formula is C23H21ClN2O. The zero-order chi connectivity index (χ0) is 19.4. The average molecular weight is 377 g/mol. The highest BCUT2D eigenvalue weighted by Gasteiger charge is 2.22. The number of benzene rings is 2. The van der Waals surface area contributed by atoms with Gasteiger partial charge >= 0.3 is 0 Å². The van der Waals surface area contributed by atoms with Crippen molar-refractivity contribution in [1.82, 2.24) is 9.88 Å². The van der Waals surface area contributed by atoms with Crippen LogP contribution in [0.25, 0.3) is 22.2 Å². The molecule has 0 unspecified atom stereocenters. The summed E-state index contributed by atoms with van der Waals surface area (Å²) in [5.74, 6) is -0.0545. The highest BCUT2D eigenvalue weighted by Crippen LogP contribution is 2.31. The molecule has 0 atom stereocenters. The molecule has 0 saturated heterocycles. The molecule has 0 aliphatic carbocycles. The first-order valence-corrected chi connectivity index (χ1v) is 9.11. The Bertz CT molecular complexity index is 999. The van der Waals surface area contributed by atoms with E-state index in [0.29, 0.717) is 23.7 Å². The highest BCUT2D eigenvalue weighted by molar-refractivity contribution is 6.30. The van der Waals surface area contributed by atoms with Gasteiger partial charge in [-0.25, -0.2) is 4.98 Å². The summed E-state index contributed by atoms with van der Waals surface area (Å²) in [6, 6.07) is 15.2. The molecule has 3 nitrogen and oxygen atoms in total. The second-order valence-electron chi connectivity index (χ2n) is 6.27. The number of halogens is 1. The lowest BCUT2D eigenvalue weighted by atomic mass is 9.96.